The summed E-state index contributed by atoms with van der Waals surface area (Å²) in [4.78, 5) is 15.7. The molecule has 4 heteroatoms. The molecule has 0 bridgehead atoms. The molecule has 2 heterocycles. The van der Waals surface area contributed by atoms with Gasteiger partial charge in [0.05, 0.1) is 5.41 Å². The zero-order valence-electron chi connectivity index (χ0n) is 40.2. The van der Waals surface area contributed by atoms with E-state index in [0.717, 1.165) is 72.0 Å². The van der Waals surface area contributed by atoms with E-state index in [-0.39, 0.29) is 0 Å². The van der Waals surface area contributed by atoms with Gasteiger partial charge < -0.3 is 4.42 Å². The summed E-state index contributed by atoms with van der Waals surface area (Å²) >= 11 is 0. The Kier molecular flexibility index (Phi) is 10.4. The lowest BCUT2D eigenvalue weighted by molar-refractivity contribution is 0.669. The monoisotopic (exact) mass is 943 g/mol. The van der Waals surface area contributed by atoms with Crippen LogP contribution in [0, 0.1) is 0 Å². The van der Waals surface area contributed by atoms with Crippen LogP contribution in [0.25, 0.3) is 112 Å². The van der Waals surface area contributed by atoms with Gasteiger partial charge in [-0.2, -0.15) is 0 Å². The van der Waals surface area contributed by atoms with Crippen molar-refractivity contribution < 1.29 is 4.42 Å². The summed E-state index contributed by atoms with van der Waals surface area (Å²) in [7, 11) is 0. The maximum Gasteiger partial charge on any atom is 0.164 e. The standard InChI is InChI=1S/C70H45N3O/c1-5-18-46(19-6-1)48-36-40-51(41-37-48)67-71-68(54-23-15-22-52(44-54)47-20-7-2-8-21-47)73-69(72-67)59-30-17-33-64-66(59)60-45-53(42-43-63(60)74-64)49-34-38-50(39-35-49)57-29-16-32-62-65(57)58-28-13-14-31-61(58)70(62,55-24-9-3-10-25-55)56-26-11-4-12-27-56/h1-45H. The fourth-order valence-corrected chi connectivity index (χ4v) is 11.4. The van der Waals surface area contributed by atoms with Crippen molar-refractivity contribution in [3.8, 4) is 89.8 Å². The Bertz CT molecular complexity index is 4170. The van der Waals surface area contributed by atoms with E-state index in [1.165, 1.54) is 44.5 Å². The van der Waals surface area contributed by atoms with Gasteiger partial charge in [-0.15, -0.1) is 0 Å². The van der Waals surface area contributed by atoms with E-state index < -0.39 is 5.41 Å². The van der Waals surface area contributed by atoms with Crippen LogP contribution in [0.4, 0.5) is 0 Å². The van der Waals surface area contributed by atoms with Crippen LogP contribution in [0.5, 0.6) is 0 Å². The fraction of sp³-hybridized carbons (Fsp3) is 0.0143. The van der Waals surface area contributed by atoms with Gasteiger partial charge in [0.1, 0.15) is 11.2 Å². The van der Waals surface area contributed by atoms with Gasteiger partial charge in [0.15, 0.2) is 17.5 Å². The molecule has 4 nitrogen and oxygen atoms in total. The van der Waals surface area contributed by atoms with Crippen molar-refractivity contribution in [3.05, 3.63) is 295 Å². The Labute approximate surface area is 429 Å². The Hall–Kier alpha value is -9.77. The third kappa shape index (κ3) is 7.18. The predicted octanol–water partition coefficient (Wildman–Crippen LogP) is 17.8. The zero-order chi connectivity index (χ0) is 49.0. The highest BCUT2D eigenvalue weighted by Gasteiger charge is 2.46. The quantitative estimate of drug-likeness (QED) is 0.145. The number of aromatic nitrogens is 3. The minimum atomic E-state index is -0.460. The molecule has 0 saturated carbocycles. The molecule has 14 rings (SSSR count). The molecule has 0 amide bonds. The molecular weight excluding hydrogens is 899 g/mol. The normalized spacial score (nSPS) is 12.4. The van der Waals surface area contributed by atoms with Gasteiger partial charge >= 0.3 is 0 Å². The second-order valence-electron chi connectivity index (χ2n) is 19.0. The molecule has 0 saturated heterocycles. The first kappa shape index (κ1) is 43.1. The average Bonchev–Trinajstić information content (AvgIpc) is 4.07. The minimum Gasteiger partial charge on any atom is -0.456 e. The highest BCUT2D eigenvalue weighted by Crippen LogP contribution is 2.58. The topological polar surface area (TPSA) is 51.8 Å². The first-order chi connectivity index (χ1) is 36.7. The third-order valence-electron chi connectivity index (χ3n) is 14.9. The molecule has 0 fully saturated rings. The molecule has 0 radical (unpaired) electrons. The number of hydrogen-bond acceptors (Lipinski definition) is 4. The summed E-state index contributed by atoms with van der Waals surface area (Å²) in [5.41, 5.74) is 20.5. The number of fused-ring (bicyclic) bond motifs is 6. The van der Waals surface area contributed by atoms with E-state index in [1.54, 1.807) is 0 Å². The van der Waals surface area contributed by atoms with Gasteiger partial charge in [0.2, 0.25) is 0 Å². The molecule has 0 atom stereocenters. The second-order valence-corrected chi connectivity index (χ2v) is 19.0. The van der Waals surface area contributed by atoms with Crippen molar-refractivity contribution in [1.82, 2.24) is 15.0 Å². The molecule has 2 aromatic heterocycles. The van der Waals surface area contributed by atoms with Crippen molar-refractivity contribution in [1.29, 1.82) is 0 Å². The van der Waals surface area contributed by atoms with E-state index >= 15 is 0 Å². The Morgan fingerprint density at radius 2 is 0.716 bits per heavy atom. The predicted molar refractivity (Wildman–Crippen MR) is 302 cm³/mol. The third-order valence-corrected chi connectivity index (χ3v) is 14.9. The van der Waals surface area contributed by atoms with Crippen LogP contribution < -0.4 is 0 Å². The SMILES string of the molecule is c1ccc(-c2ccc(-c3nc(-c4cccc(-c5ccccc5)c4)nc(-c4cccc5oc6ccc(-c7ccc(-c8cccc9c8-c8ccccc8C9(c8ccccc8)c8ccccc8)cc7)cc6c45)n3)cc2)cc1. The summed E-state index contributed by atoms with van der Waals surface area (Å²) in [6.45, 7) is 0. The van der Waals surface area contributed by atoms with Crippen LogP contribution in [0.1, 0.15) is 22.3 Å². The number of rotatable bonds is 9. The molecule has 13 aromatic rings. The molecule has 0 N–H and O–H groups in total. The summed E-state index contributed by atoms with van der Waals surface area (Å²) in [5, 5.41) is 1.95. The fourth-order valence-electron chi connectivity index (χ4n) is 11.4. The first-order valence-electron chi connectivity index (χ1n) is 25.2. The van der Waals surface area contributed by atoms with Crippen molar-refractivity contribution >= 4 is 21.9 Å². The zero-order valence-corrected chi connectivity index (χ0v) is 40.2. The Morgan fingerprint density at radius 3 is 1.42 bits per heavy atom. The van der Waals surface area contributed by atoms with Gasteiger partial charge in [-0.25, -0.2) is 15.0 Å². The van der Waals surface area contributed by atoms with E-state index in [9.17, 15) is 0 Å². The van der Waals surface area contributed by atoms with Crippen LogP contribution in [-0.4, -0.2) is 15.0 Å². The number of furan rings is 1. The van der Waals surface area contributed by atoms with Crippen molar-refractivity contribution in [3.63, 3.8) is 0 Å². The number of benzene rings is 11. The first-order valence-corrected chi connectivity index (χ1v) is 25.2. The van der Waals surface area contributed by atoms with Crippen LogP contribution in [0.15, 0.2) is 277 Å². The highest BCUT2D eigenvalue weighted by molar-refractivity contribution is 6.13. The number of hydrogen-bond donors (Lipinski definition) is 0. The lowest BCUT2D eigenvalue weighted by atomic mass is 9.67. The lowest BCUT2D eigenvalue weighted by Gasteiger charge is -2.34. The van der Waals surface area contributed by atoms with Crippen LogP contribution in [0.2, 0.25) is 0 Å². The van der Waals surface area contributed by atoms with Gasteiger partial charge in [0.25, 0.3) is 0 Å². The highest BCUT2D eigenvalue weighted by atomic mass is 16.3. The van der Waals surface area contributed by atoms with Gasteiger partial charge in [-0.05, 0) is 102 Å². The van der Waals surface area contributed by atoms with Gasteiger partial charge in [-0.3, -0.25) is 0 Å². The molecule has 1 aliphatic rings. The molecule has 0 spiro atoms. The molecule has 0 aliphatic heterocycles. The summed E-state index contributed by atoms with van der Waals surface area (Å²) in [6.07, 6.45) is 0. The van der Waals surface area contributed by atoms with Crippen LogP contribution in [0.3, 0.4) is 0 Å². The second kappa shape index (κ2) is 17.8. The molecule has 11 aromatic carbocycles. The minimum absolute atomic E-state index is 0.460. The van der Waals surface area contributed by atoms with Crippen molar-refractivity contribution in [2.24, 2.45) is 0 Å². The summed E-state index contributed by atoms with van der Waals surface area (Å²) in [6, 6.07) is 97.2. The van der Waals surface area contributed by atoms with Gasteiger partial charge in [-0.1, -0.05) is 249 Å². The largest absolute Gasteiger partial charge is 0.456 e. The van der Waals surface area contributed by atoms with Crippen LogP contribution in [-0.2, 0) is 5.41 Å². The number of nitrogens with zero attached hydrogens (tertiary/aromatic N) is 3. The Morgan fingerprint density at radius 1 is 0.270 bits per heavy atom. The smallest absolute Gasteiger partial charge is 0.164 e. The molecule has 0 unspecified atom stereocenters. The summed E-state index contributed by atoms with van der Waals surface area (Å²) < 4.78 is 6.61. The van der Waals surface area contributed by atoms with E-state index in [2.05, 4.69) is 249 Å². The molecule has 1 aliphatic carbocycles. The molecule has 346 valence electrons. The lowest BCUT2D eigenvalue weighted by Crippen LogP contribution is -2.28. The van der Waals surface area contributed by atoms with Crippen molar-refractivity contribution in [2.75, 3.05) is 0 Å². The maximum atomic E-state index is 6.61. The summed E-state index contributed by atoms with van der Waals surface area (Å²) in [5.74, 6) is 1.77. The van der Waals surface area contributed by atoms with Crippen LogP contribution >= 0.6 is 0 Å². The van der Waals surface area contributed by atoms with Crippen molar-refractivity contribution in [2.45, 2.75) is 5.41 Å². The van der Waals surface area contributed by atoms with E-state index in [1.807, 2.05) is 24.3 Å². The van der Waals surface area contributed by atoms with E-state index in [0.29, 0.717) is 17.5 Å². The average molecular weight is 944 g/mol. The molecular formula is C70H45N3O. The molecule has 74 heavy (non-hydrogen) atoms. The Balaban J connectivity index is 0.873. The van der Waals surface area contributed by atoms with Gasteiger partial charge in [0, 0.05) is 27.5 Å². The maximum absolute atomic E-state index is 6.61. The van der Waals surface area contributed by atoms with E-state index in [4.69, 9.17) is 19.4 Å².